The Labute approximate surface area is 145 Å². The molecule has 4 amide bonds. The number of methoxy groups -OCH3 is 1. The zero-order valence-corrected chi connectivity index (χ0v) is 14.0. The second-order valence-corrected chi connectivity index (χ2v) is 6.09. The highest BCUT2D eigenvalue weighted by Gasteiger charge is 2.33. The predicted molar refractivity (Wildman–Crippen MR) is 88.3 cm³/mol. The van der Waals surface area contributed by atoms with E-state index in [0.29, 0.717) is 13.1 Å². The SMILES string of the molecule is COc1ccc(OC2CCN(C(=O)C[C@@H]3NC(=O)NC3=O)CC2)cc1. The van der Waals surface area contributed by atoms with Crippen molar-refractivity contribution in [2.24, 2.45) is 0 Å². The number of benzene rings is 1. The Kier molecular flexibility index (Phi) is 5.06. The van der Waals surface area contributed by atoms with E-state index in [0.717, 1.165) is 24.3 Å². The lowest BCUT2D eigenvalue weighted by Gasteiger charge is -2.32. The van der Waals surface area contributed by atoms with Crippen LogP contribution in [0.5, 0.6) is 11.5 Å². The van der Waals surface area contributed by atoms with Gasteiger partial charge in [0, 0.05) is 25.9 Å². The molecular weight excluding hydrogens is 326 g/mol. The zero-order valence-electron chi connectivity index (χ0n) is 14.0. The average Bonchev–Trinajstić information content (AvgIpc) is 2.93. The molecule has 1 aromatic rings. The van der Waals surface area contributed by atoms with Gasteiger partial charge in [0.15, 0.2) is 0 Å². The maximum absolute atomic E-state index is 12.3. The van der Waals surface area contributed by atoms with E-state index in [1.54, 1.807) is 12.0 Å². The second-order valence-electron chi connectivity index (χ2n) is 6.09. The van der Waals surface area contributed by atoms with E-state index in [-0.39, 0.29) is 18.4 Å². The summed E-state index contributed by atoms with van der Waals surface area (Å²) < 4.78 is 11.0. The first kappa shape index (κ1) is 17.1. The van der Waals surface area contributed by atoms with Crippen LogP contribution in [0.25, 0.3) is 0 Å². The molecule has 2 aliphatic heterocycles. The molecule has 1 atom stereocenters. The molecule has 0 radical (unpaired) electrons. The summed E-state index contributed by atoms with van der Waals surface area (Å²) in [5.41, 5.74) is 0. The molecule has 1 aromatic carbocycles. The molecule has 8 nitrogen and oxygen atoms in total. The van der Waals surface area contributed by atoms with Crippen molar-refractivity contribution in [1.82, 2.24) is 15.5 Å². The lowest BCUT2D eigenvalue weighted by atomic mass is 10.1. The minimum Gasteiger partial charge on any atom is -0.497 e. The van der Waals surface area contributed by atoms with E-state index in [4.69, 9.17) is 9.47 Å². The van der Waals surface area contributed by atoms with Crippen LogP contribution in [-0.4, -0.2) is 55.1 Å². The van der Waals surface area contributed by atoms with Crippen molar-refractivity contribution in [2.75, 3.05) is 20.2 Å². The number of likely N-dealkylation sites (tertiary alicyclic amines) is 1. The van der Waals surface area contributed by atoms with Crippen LogP contribution in [0.2, 0.25) is 0 Å². The van der Waals surface area contributed by atoms with Gasteiger partial charge in [-0.3, -0.25) is 14.9 Å². The minimum atomic E-state index is -0.770. The van der Waals surface area contributed by atoms with E-state index < -0.39 is 18.0 Å². The monoisotopic (exact) mass is 347 g/mol. The molecule has 2 aliphatic rings. The molecular formula is C17H21N3O5. The summed E-state index contributed by atoms with van der Waals surface area (Å²) in [5, 5.41) is 4.57. The van der Waals surface area contributed by atoms with Crippen LogP contribution in [0.3, 0.4) is 0 Å². The lowest BCUT2D eigenvalue weighted by molar-refractivity contribution is -0.135. The highest BCUT2D eigenvalue weighted by Crippen LogP contribution is 2.22. The molecule has 0 unspecified atom stereocenters. The number of carbonyl (C=O) groups excluding carboxylic acids is 3. The van der Waals surface area contributed by atoms with E-state index in [9.17, 15) is 14.4 Å². The number of hydrogen-bond acceptors (Lipinski definition) is 5. The van der Waals surface area contributed by atoms with Crippen molar-refractivity contribution in [2.45, 2.75) is 31.4 Å². The maximum atomic E-state index is 12.3. The van der Waals surface area contributed by atoms with Crippen LogP contribution >= 0.6 is 0 Å². The zero-order chi connectivity index (χ0) is 17.8. The molecule has 8 heteroatoms. The number of piperidine rings is 1. The van der Waals surface area contributed by atoms with Crippen LogP contribution in [0.15, 0.2) is 24.3 Å². The fraction of sp³-hybridized carbons (Fsp3) is 0.471. The average molecular weight is 347 g/mol. The minimum absolute atomic E-state index is 0.0123. The van der Waals surface area contributed by atoms with Crippen molar-refractivity contribution in [3.05, 3.63) is 24.3 Å². The predicted octanol–water partition coefficient (Wildman–Crippen LogP) is 0.663. The Morgan fingerprint density at radius 1 is 1.16 bits per heavy atom. The van der Waals surface area contributed by atoms with Gasteiger partial charge in [0.05, 0.1) is 13.5 Å². The van der Waals surface area contributed by atoms with Gasteiger partial charge >= 0.3 is 6.03 Å². The summed E-state index contributed by atoms with van der Waals surface area (Å²) >= 11 is 0. The van der Waals surface area contributed by atoms with E-state index in [2.05, 4.69) is 10.6 Å². The Hall–Kier alpha value is -2.77. The normalized spacial score (nSPS) is 20.8. The van der Waals surface area contributed by atoms with Gasteiger partial charge in [0.1, 0.15) is 23.6 Å². The van der Waals surface area contributed by atoms with Crippen molar-refractivity contribution < 1.29 is 23.9 Å². The molecule has 0 spiro atoms. The molecule has 0 bridgehead atoms. The maximum Gasteiger partial charge on any atom is 0.322 e. The number of nitrogens with one attached hydrogen (secondary N) is 2. The first-order chi connectivity index (χ1) is 12.0. The van der Waals surface area contributed by atoms with Gasteiger partial charge in [-0.25, -0.2) is 4.79 Å². The fourth-order valence-electron chi connectivity index (χ4n) is 2.98. The summed E-state index contributed by atoms with van der Waals surface area (Å²) in [5.74, 6) is 0.966. The van der Waals surface area contributed by atoms with E-state index >= 15 is 0 Å². The van der Waals surface area contributed by atoms with Crippen LogP contribution in [0, 0.1) is 0 Å². The number of carbonyl (C=O) groups is 3. The van der Waals surface area contributed by atoms with Crippen LogP contribution in [0.1, 0.15) is 19.3 Å². The summed E-state index contributed by atoms with van der Waals surface area (Å²) in [7, 11) is 1.61. The van der Waals surface area contributed by atoms with Crippen molar-refractivity contribution in [3.8, 4) is 11.5 Å². The van der Waals surface area contributed by atoms with Crippen LogP contribution in [0.4, 0.5) is 4.79 Å². The third kappa shape index (κ3) is 4.20. The highest BCUT2D eigenvalue weighted by molar-refractivity contribution is 6.05. The number of ether oxygens (including phenoxy) is 2. The molecule has 0 aromatic heterocycles. The summed E-state index contributed by atoms with van der Waals surface area (Å²) in [6.45, 7) is 1.14. The molecule has 0 aliphatic carbocycles. The van der Waals surface area contributed by atoms with Crippen molar-refractivity contribution in [3.63, 3.8) is 0 Å². The fourth-order valence-corrected chi connectivity index (χ4v) is 2.98. The number of rotatable bonds is 5. The van der Waals surface area contributed by atoms with Gasteiger partial charge in [-0.1, -0.05) is 0 Å². The smallest absolute Gasteiger partial charge is 0.322 e. The van der Waals surface area contributed by atoms with Gasteiger partial charge in [0.2, 0.25) is 5.91 Å². The molecule has 2 heterocycles. The molecule has 134 valence electrons. The molecule has 2 fully saturated rings. The first-order valence-electron chi connectivity index (χ1n) is 8.25. The Balaban J connectivity index is 1.45. The van der Waals surface area contributed by atoms with Gasteiger partial charge in [-0.05, 0) is 24.3 Å². The standard InChI is InChI=1S/C17H21N3O5/c1-24-11-2-4-12(5-3-11)25-13-6-8-20(9-7-13)15(21)10-14-16(22)19-17(23)18-14/h2-5,13-14H,6-10H2,1H3,(H2,18,19,22,23)/t14-/m0/s1. The Morgan fingerprint density at radius 2 is 1.80 bits per heavy atom. The first-order valence-corrected chi connectivity index (χ1v) is 8.25. The molecule has 25 heavy (non-hydrogen) atoms. The summed E-state index contributed by atoms with van der Waals surface area (Å²) in [6.07, 6.45) is 1.48. The second kappa shape index (κ2) is 7.42. The van der Waals surface area contributed by atoms with Crippen molar-refractivity contribution in [1.29, 1.82) is 0 Å². The van der Waals surface area contributed by atoms with Gasteiger partial charge in [-0.2, -0.15) is 0 Å². The number of hydrogen-bond donors (Lipinski definition) is 2. The van der Waals surface area contributed by atoms with Crippen LogP contribution < -0.4 is 20.1 Å². The highest BCUT2D eigenvalue weighted by atomic mass is 16.5. The van der Waals surface area contributed by atoms with Crippen LogP contribution in [-0.2, 0) is 9.59 Å². The lowest BCUT2D eigenvalue weighted by Crippen LogP contribution is -2.44. The largest absolute Gasteiger partial charge is 0.497 e. The van der Waals surface area contributed by atoms with Gasteiger partial charge < -0.3 is 19.7 Å². The number of urea groups is 1. The van der Waals surface area contributed by atoms with Gasteiger partial charge in [0.25, 0.3) is 5.91 Å². The quantitative estimate of drug-likeness (QED) is 0.763. The third-order valence-corrected chi connectivity index (χ3v) is 4.39. The molecule has 3 rings (SSSR count). The number of imide groups is 1. The number of nitrogens with zero attached hydrogens (tertiary/aromatic N) is 1. The summed E-state index contributed by atoms with van der Waals surface area (Å²) in [4.78, 5) is 36.6. The molecule has 2 N–H and O–H groups in total. The Bertz CT molecular complexity index is 653. The van der Waals surface area contributed by atoms with Crippen molar-refractivity contribution >= 4 is 17.8 Å². The summed E-state index contributed by atoms with van der Waals surface area (Å²) in [6, 6.07) is 6.09. The number of amides is 4. The topological polar surface area (TPSA) is 97.0 Å². The van der Waals surface area contributed by atoms with E-state index in [1.807, 2.05) is 24.3 Å². The molecule has 2 saturated heterocycles. The van der Waals surface area contributed by atoms with E-state index in [1.165, 1.54) is 0 Å². The Morgan fingerprint density at radius 3 is 2.36 bits per heavy atom. The third-order valence-electron chi connectivity index (χ3n) is 4.39. The van der Waals surface area contributed by atoms with Gasteiger partial charge in [-0.15, -0.1) is 0 Å². The molecule has 0 saturated carbocycles.